The zero-order valence-electron chi connectivity index (χ0n) is 23.5. The van der Waals surface area contributed by atoms with Crippen LogP contribution in [0.25, 0.3) is 16.2 Å². The third-order valence-electron chi connectivity index (χ3n) is 7.54. The van der Waals surface area contributed by atoms with E-state index in [-0.39, 0.29) is 30.1 Å². The fraction of sp³-hybridized carbons (Fsp3) is 0.212. The van der Waals surface area contributed by atoms with Crippen LogP contribution >= 0.6 is 34.5 Å². The first-order valence-corrected chi connectivity index (χ1v) is 15.6. The van der Waals surface area contributed by atoms with Crippen LogP contribution < -0.4 is 10.6 Å². The number of fused-ring (bicyclic) bond motifs is 1. The summed E-state index contributed by atoms with van der Waals surface area (Å²) in [6, 6.07) is 18.6. The first-order chi connectivity index (χ1) is 21.2. The number of hydrogen-bond acceptors (Lipinski definition) is 5. The summed E-state index contributed by atoms with van der Waals surface area (Å²) in [5.74, 6) is -2.13. The molecule has 5 rings (SSSR count). The van der Waals surface area contributed by atoms with E-state index in [1.165, 1.54) is 17.4 Å². The molecule has 44 heavy (non-hydrogen) atoms. The number of halogens is 2. The number of nitrogens with one attached hydrogen (secondary N) is 2. The Morgan fingerprint density at radius 2 is 1.68 bits per heavy atom. The van der Waals surface area contributed by atoms with E-state index in [4.69, 9.17) is 23.2 Å². The minimum atomic E-state index is -1.05. The molecule has 1 aliphatic heterocycles. The van der Waals surface area contributed by atoms with Gasteiger partial charge in [0.05, 0.1) is 27.2 Å². The van der Waals surface area contributed by atoms with Crippen LogP contribution in [-0.4, -0.2) is 46.8 Å². The summed E-state index contributed by atoms with van der Waals surface area (Å²) in [5.41, 5.74) is 2.32. The maximum atomic E-state index is 13.2. The zero-order valence-corrected chi connectivity index (χ0v) is 25.8. The lowest BCUT2D eigenvalue weighted by Gasteiger charge is -2.31. The number of anilines is 1. The van der Waals surface area contributed by atoms with E-state index < -0.39 is 12.0 Å². The van der Waals surface area contributed by atoms with Gasteiger partial charge >= 0.3 is 5.97 Å². The number of carbonyl (C=O) groups is 4. The minimum absolute atomic E-state index is 0.190. The largest absolute Gasteiger partial charge is 0.481 e. The SMILES string of the molecule is O=C(O)C[C@@H](NC(=O)C1CCN(C(=O)/C=C/c2cc3ccsc3c(Cl)c2Cl)CC1)c1ccc(NC(=O)c2ccccc2)cc1. The average molecular weight is 651 g/mol. The molecule has 0 radical (unpaired) electrons. The van der Waals surface area contributed by atoms with Crippen LogP contribution in [0.3, 0.4) is 0 Å². The van der Waals surface area contributed by atoms with Crippen molar-refractivity contribution < 1.29 is 24.3 Å². The third-order valence-corrected chi connectivity index (χ3v) is 9.48. The van der Waals surface area contributed by atoms with Crippen molar-refractivity contribution in [2.24, 2.45) is 5.92 Å². The Balaban J connectivity index is 1.16. The number of hydrogen-bond donors (Lipinski definition) is 3. The van der Waals surface area contributed by atoms with Crippen molar-refractivity contribution in [1.82, 2.24) is 10.2 Å². The van der Waals surface area contributed by atoms with E-state index in [1.807, 2.05) is 23.6 Å². The van der Waals surface area contributed by atoms with Gasteiger partial charge in [0.2, 0.25) is 11.8 Å². The molecule has 3 aromatic carbocycles. The summed E-state index contributed by atoms with van der Waals surface area (Å²) in [6.07, 6.45) is 3.71. The van der Waals surface area contributed by atoms with Crippen molar-refractivity contribution in [3.63, 3.8) is 0 Å². The molecule has 8 nitrogen and oxygen atoms in total. The molecule has 11 heteroatoms. The number of nitrogens with zero attached hydrogens (tertiary/aromatic N) is 1. The lowest BCUT2D eigenvalue weighted by Crippen LogP contribution is -2.43. The monoisotopic (exact) mass is 649 g/mol. The van der Waals surface area contributed by atoms with E-state index in [1.54, 1.807) is 59.5 Å². The van der Waals surface area contributed by atoms with Crippen LogP contribution in [0.5, 0.6) is 0 Å². The van der Waals surface area contributed by atoms with E-state index in [0.29, 0.717) is 58.4 Å². The van der Waals surface area contributed by atoms with Gasteiger partial charge < -0.3 is 20.6 Å². The summed E-state index contributed by atoms with van der Waals surface area (Å²) in [5, 5.41) is 18.9. The van der Waals surface area contributed by atoms with Crippen LogP contribution in [0, 0.1) is 5.92 Å². The molecule has 3 amide bonds. The second kappa shape index (κ2) is 14.1. The molecule has 1 atom stereocenters. The number of thiophene rings is 1. The summed E-state index contributed by atoms with van der Waals surface area (Å²) in [7, 11) is 0. The van der Waals surface area contributed by atoms with Gasteiger partial charge in [-0.2, -0.15) is 0 Å². The third kappa shape index (κ3) is 7.48. The fourth-order valence-corrected chi connectivity index (χ4v) is 6.57. The Morgan fingerprint density at radius 1 is 0.977 bits per heavy atom. The molecule has 1 saturated heterocycles. The number of benzene rings is 3. The standard InChI is InChI=1S/C33H29Cl2N3O5S/c34-29-23(18-24-14-17-44-31(24)30(29)35)8-11-27(39)38-15-12-22(13-16-38)33(43)37-26(19-28(40)41)20-6-9-25(10-7-20)36-32(42)21-4-2-1-3-5-21/h1-11,14,17-18,22,26H,12-13,15-16,19H2,(H,36,42)(H,37,43)(H,40,41)/b11-8+/t26-/m1/s1. The van der Waals surface area contributed by atoms with Crippen LogP contribution in [-0.2, 0) is 14.4 Å². The molecule has 1 aromatic heterocycles. The molecular formula is C33H29Cl2N3O5S. The molecule has 3 N–H and O–H groups in total. The van der Waals surface area contributed by atoms with Crippen molar-refractivity contribution in [3.8, 4) is 0 Å². The number of likely N-dealkylation sites (tertiary alicyclic amines) is 1. The Labute approximate surface area is 268 Å². The van der Waals surface area contributed by atoms with Crippen molar-refractivity contribution in [2.75, 3.05) is 18.4 Å². The topological polar surface area (TPSA) is 116 Å². The average Bonchev–Trinajstić information content (AvgIpc) is 3.51. The van der Waals surface area contributed by atoms with Gasteiger partial charge in [-0.05, 0) is 77.2 Å². The molecule has 0 spiro atoms. The van der Waals surface area contributed by atoms with Crippen LogP contribution in [0.15, 0.2) is 78.2 Å². The maximum absolute atomic E-state index is 13.2. The predicted molar refractivity (Wildman–Crippen MR) is 174 cm³/mol. The summed E-state index contributed by atoms with van der Waals surface area (Å²) in [4.78, 5) is 51.8. The van der Waals surface area contributed by atoms with Gasteiger partial charge in [0.1, 0.15) is 0 Å². The van der Waals surface area contributed by atoms with E-state index in [9.17, 15) is 24.3 Å². The second-order valence-electron chi connectivity index (χ2n) is 10.5. The number of piperidine rings is 1. The highest BCUT2D eigenvalue weighted by Gasteiger charge is 2.29. The molecule has 1 aliphatic rings. The van der Waals surface area contributed by atoms with E-state index in [0.717, 1.165) is 10.1 Å². The maximum Gasteiger partial charge on any atom is 0.305 e. The fourth-order valence-electron chi connectivity index (χ4n) is 5.13. The number of carboxylic acid groups (broad SMARTS) is 1. The number of rotatable bonds is 9. The minimum Gasteiger partial charge on any atom is -0.481 e. The van der Waals surface area contributed by atoms with Crippen molar-refractivity contribution in [3.05, 3.63) is 105 Å². The Hall–Kier alpha value is -4.18. The first-order valence-electron chi connectivity index (χ1n) is 14.0. The van der Waals surface area contributed by atoms with E-state index >= 15 is 0 Å². The number of carboxylic acids is 1. The van der Waals surface area contributed by atoms with Crippen LogP contribution in [0.4, 0.5) is 5.69 Å². The van der Waals surface area contributed by atoms with Gasteiger partial charge in [0.15, 0.2) is 0 Å². The second-order valence-corrected chi connectivity index (χ2v) is 12.1. The number of aliphatic carboxylic acids is 1. The molecule has 0 bridgehead atoms. The Morgan fingerprint density at radius 3 is 2.36 bits per heavy atom. The molecule has 2 heterocycles. The normalized spacial score (nSPS) is 14.5. The van der Waals surface area contributed by atoms with Gasteiger partial charge in [0.25, 0.3) is 5.91 Å². The summed E-state index contributed by atoms with van der Waals surface area (Å²) >= 11 is 14.3. The van der Waals surface area contributed by atoms with Crippen molar-refractivity contribution in [2.45, 2.75) is 25.3 Å². The highest BCUT2D eigenvalue weighted by Crippen LogP contribution is 2.37. The first kappa shape index (κ1) is 31.3. The summed E-state index contributed by atoms with van der Waals surface area (Å²) < 4.78 is 0.899. The van der Waals surface area contributed by atoms with Crippen LogP contribution in [0.1, 0.15) is 46.8 Å². The molecule has 226 valence electrons. The lowest BCUT2D eigenvalue weighted by molar-refractivity contribution is -0.138. The van der Waals surface area contributed by atoms with Crippen molar-refractivity contribution >= 4 is 80.1 Å². The molecule has 0 unspecified atom stereocenters. The van der Waals surface area contributed by atoms with Gasteiger partial charge in [0, 0.05) is 36.3 Å². The molecule has 0 saturated carbocycles. The quantitative estimate of drug-likeness (QED) is 0.168. The van der Waals surface area contributed by atoms with Gasteiger partial charge in [-0.25, -0.2) is 0 Å². The predicted octanol–water partition coefficient (Wildman–Crippen LogP) is 7.04. The van der Waals surface area contributed by atoms with E-state index in [2.05, 4.69) is 10.6 Å². The Kier molecular flexibility index (Phi) is 9.99. The highest BCUT2D eigenvalue weighted by molar-refractivity contribution is 7.18. The molecular weight excluding hydrogens is 621 g/mol. The lowest BCUT2D eigenvalue weighted by atomic mass is 9.94. The molecule has 1 fully saturated rings. The van der Waals surface area contributed by atoms with Gasteiger partial charge in [-0.15, -0.1) is 11.3 Å². The van der Waals surface area contributed by atoms with Gasteiger partial charge in [-0.3, -0.25) is 19.2 Å². The number of amides is 3. The highest BCUT2D eigenvalue weighted by atomic mass is 35.5. The van der Waals surface area contributed by atoms with Gasteiger partial charge in [-0.1, -0.05) is 53.5 Å². The molecule has 4 aromatic rings. The zero-order chi connectivity index (χ0) is 31.2. The molecule has 0 aliphatic carbocycles. The smallest absolute Gasteiger partial charge is 0.305 e. The van der Waals surface area contributed by atoms with Crippen molar-refractivity contribution in [1.29, 1.82) is 0 Å². The number of carbonyl (C=O) groups excluding carboxylic acids is 3. The Bertz CT molecular complexity index is 1710. The van der Waals surface area contributed by atoms with Crippen LogP contribution in [0.2, 0.25) is 10.0 Å². The summed E-state index contributed by atoms with van der Waals surface area (Å²) in [6.45, 7) is 0.775.